The molecule has 0 aliphatic rings. The van der Waals surface area contributed by atoms with Crippen LogP contribution in [0, 0.1) is 5.82 Å². The van der Waals surface area contributed by atoms with Crippen LogP contribution in [0.5, 0.6) is 0 Å². The van der Waals surface area contributed by atoms with Gasteiger partial charge in [0.1, 0.15) is 11.9 Å². The second kappa shape index (κ2) is 7.48. The largest absolute Gasteiger partial charge is 0.382 e. The van der Waals surface area contributed by atoms with Crippen LogP contribution in [0.2, 0.25) is 0 Å². The molecule has 0 saturated heterocycles. The van der Waals surface area contributed by atoms with E-state index >= 15 is 0 Å². The van der Waals surface area contributed by atoms with Crippen LogP contribution in [0.25, 0.3) is 0 Å². The second-order valence-corrected chi connectivity index (χ2v) is 4.05. The third-order valence-electron chi connectivity index (χ3n) is 2.41. The molecule has 5 nitrogen and oxygen atoms in total. The van der Waals surface area contributed by atoms with Crippen molar-refractivity contribution in [2.75, 3.05) is 13.7 Å². The van der Waals surface area contributed by atoms with Crippen LogP contribution < -0.4 is 10.6 Å². The van der Waals surface area contributed by atoms with E-state index in [0.717, 1.165) is 5.56 Å². The minimum Gasteiger partial charge on any atom is -0.382 e. The highest BCUT2D eigenvalue weighted by Crippen LogP contribution is 2.02. The Morgan fingerprint density at radius 2 is 1.95 bits per heavy atom. The lowest BCUT2D eigenvalue weighted by molar-refractivity contribution is -0.129. The van der Waals surface area contributed by atoms with Crippen LogP contribution in [0.1, 0.15) is 12.5 Å². The smallest absolute Gasteiger partial charge is 0.245 e. The molecule has 0 aliphatic carbocycles. The third-order valence-corrected chi connectivity index (χ3v) is 2.41. The molecule has 0 saturated carbocycles. The molecule has 19 heavy (non-hydrogen) atoms. The van der Waals surface area contributed by atoms with Gasteiger partial charge in [0.25, 0.3) is 0 Å². The summed E-state index contributed by atoms with van der Waals surface area (Å²) in [5.74, 6) is -0.981. The molecular weight excluding hydrogens is 251 g/mol. The van der Waals surface area contributed by atoms with E-state index in [0.29, 0.717) is 0 Å². The normalized spacial score (nSPS) is 11.7. The molecule has 0 heterocycles. The van der Waals surface area contributed by atoms with Gasteiger partial charge in [-0.15, -0.1) is 0 Å². The van der Waals surface area contributed by atoms with Gasteiger partial charge in [-0.1, -0.05) is 12.1 Å². The van der Waals surface area contributed by atoms with Gasteiger partial charge in [-0.2, -0.15) is 0 Å². The van der Waals surface area contributed by atoms with Gasteiger partial charge in [0.05, 0.1) is 6.61 Å². The number of halogens is 1. The number of nitrogens with one attached hydrogen (secondary N) is 2. The highest BCUT2D eigenvalue weighted by atomic mass is 19.1. The molecule has 6 heteroatoms. The molecule has 0 radical (unpaired) electrons. The molecule has 1 rings (SSSR count). The van der Waals surface area contributed by atoms with E-state index in [9.17, 15) is 14.0 Å². The van der Waals surface area contributed by atoms with Crippen molar-refractivity contribution in [3.8, 4) is 0 Å². The minimum absolute atomic E-state index is 0.0921. The Hall–Kier alpha value is -1.95. The molecule has 1 atom stereocenters. The van der Waals surface area contributed by atoms with Gasteiger partial charge in [0, 0.05) is 20.6 Å². The van der Waals surface area contributed by atoms with Crippen molar-refractivity contribution in [1.82, 2.24) is 10.6 Å². The van der Waals surface area contributed by atoms with Gasteiger partial charge in [0.2, 0.25) is 11.8 Å². The van der Waals surface area contributed by atoms with Gasteiger partial charge in [0.15, 0.2) is 0 Å². The van der Waals surface area contributed by atoms with Crippen molar-refractivity contribution in [3.63, 3.8) is 0 Å². The molecule has 1 unspecified atom stereocenters. The fourth-order valence-corrected chi connectivity index (χ4v) is 1.51. The second-order valence-electron chi connectivity index (χ2n) is 4.05. The SMILES string of the molecule is COCC(NC(C)=O)C(=O)NCc1ccc(F)cc1. The number of methoxy groups -OCH3 is 1. The van der Waals surface area contributed by atoms with E-state index < -0.39 is 6.04 Å². The first-order valence-corrected chi connectivity index (χ1v) is 5.81. The zero-order valence-electron chi connectivity index (χ0n) is 10.9. The van der Waals surface area contributed by atoms with E-state index in [2.05, 4.69) is 10.6 Å². The average molecular weight is 268 g/mol. The van der Waals surface area contributed by atoms with Crippen molar-refractivity contribution in [2.45, 2.75) is 19.5 Å². The molecule has 1 aromatic carbocycles. The lowest BCUT2D eigenvalue weighted by atomic mass is 10.2. The van der Waals surface area contributed by atoms with Crippen molar-refractivity contribution in [2.24, 2.45) is 0 Å². The molecule has 1 aromatic rings. The maximum Gasteiger partial charge on any atom is 0.245 e. The predicted octanol–water partition coefficient (Wildman–Crippen LogP) is 0.593. The summed E-state index contributed by atoms with van der Waals surface area (Å²) in [6.45, 7) is 1.68. The molecule has 0 aliphatic heterocycles. The van der Waals surface area contributed by atoms with E-state index in [-0.39, 0.29) is 30.8 Å². The van der Waals surface area contributed by atoms with Gasteiger partial charge in [-0.3, -0.25) is 9.59 Å². The molecule has 0 aromatic heterocycles. The monoisotopic (exact) mass is 268 g/mol. The topological polar surface area (TPSA) is 67.4 Å². The number of carbonyl (C=O) groups is 2. The summed E-state index contributed by atoms with van der Waals surface area (Å²) in [6.07, 6.45) is 0. The third kappa shape index (κ3) is 5.48. The number of carbonyl (C=O) groups excluding carboxylic acids is 2. The maximum absolute atomic E-state index is 12.7. The van der Waals surface area contributed by atoms with Crippen molar-refractivity contribution in [3.05, 3.63) is 35.6 Å². The Morgan fingerprint density at radius 3 is 2.47 bits per heavy atom. The minimum atomic E-state index is -0.733. The van der Waals surface area contributed by atoms with Crippen LogP contribution in [0.4, 0.5) is 4.39 Å². The fraction of sp³-hybridized carbons (Fsp3) is 0.385. The molecule has 0 spiro atoms. The summed E-state index contributed by atoms with van der Waals surface area (Å²) >= 11 is 0. The van der Waals surface area contributed by atoms with Gasteiger partial charge >= 0.3 is 0 Å². The number of hydrogen-bond donors (Lipinski definition) is 2. The summed E-state index contributed by atoms with van der Waals surface area (Å²) < 4.78 is 17.6. The van der Waals surface area contributed by atoms with E-state index in [4.69, 9.17) is 4.74 Å². The van der Waals surface area contributed by atoms with Crippen LogP contribution in [0.15, 0.2) is 24.3 Å². The van der Waals surface area contributed by atoms with Crippen LogP contribution in [-0.2, 0) is 20.9 Å². The Balaban J connectivity index is 2.51. The number of hydrogen-bond acceptors (Lipinski definition) is 3. The van der Waals surface area contributed by atoms with Crippen molar-refractivity contribution in [1.29, 1.82) is 0 Å². The molecule has 0 fully saturated rings. The summed E-state index contributed by atoms with van der Waals surface area (Å²) in [5.41, 5.74) is 0.772. The van der Waals surface area contributed by atoms with Crippen LogP contribution in [0.3, 0.4) is 0 Å². The predicted molar refractivity (Wildman–Crippen MR) is 67.7 cm³/mol. The zero-order valence-corrected chi connectivity index (χ0v) is 10.9. The van der Waals surface area contributed by atoms with Crippen molar-refractivity contribution >= 4 is 11.8 Å². The molecular formula is C13H17FN2O3. The molecule has 2 amide bonds. The van der Waals surface area contributed by atoms with Crippen LogP contribution >= 0.6 is 0 Å². The van der Waals surface area contributed by atoms with Crippen molar-refractivity contribution < 1.29 is 18.7 Å². The fourth-order valence-electron chi connectivity index (χ4n) is 1.51. The summed E-state index contributed by atoms with van der Waals surface area (Å²) in [4.78, 5) is 22.8. The zero-order chi connectivity index (χ0) is 14.3. The highest BCUT2D eigenvalue weighted by molar-refractivity contribution is 5.86. The van der Waals surface area contributed by atoms with Crippen LogP contribution in [-0.4, -0.2) is 31.6 Å². The summed E-state index contributed by atoms with van der Waals surface area (Å²) in [6, 6.07) is 5.07. The molecule has 104 valence electrons. The Kier molecular flexibility index (Phi) is 5.95. The quantitative estimate of drug-likeness (QED) is 0.793. The van der Waals surface area contributed by atoms with E-state index in [1.807, 2.05) is 0 Å². The Bertz CT molecular complexity index is 434. The molecule has 0 bridgehead atoms. The maximum atomic E-state index is 12.7. The number of benzene rings is 1. The highest BCUT2D eigenvalue weighted by Gasteiger charge is 2.18. The standard InChI is InChI=1S/C13H17FN2O3/c1-9(17)16-12(8-19-2)13(18)15-7-10-3-5-11(14)6-4-10/h3-6,12H,7-8H2,1-2H3,(H,15,18)(H,16,17). The molecule has 2 N–H and O–H groups in total. The van der Waals surface area contributed by atoms with Gasteiger partial charge in [-0.25, -0.2) is 4.39 Å². The lowest BCUT2D eigenvalue weighted by Crippen LogP contribution is -2.48. The number of rotatable bonds is 6. The van der Waals surface area contributed by atoms with E-state index in [1.54, 1.807) is 12.1 Å². The first kappa shape index (κ1) is 15.1. The Morgan fingerprint density at radius 1 is 1.32 bits per heavy atom. The number of amides is 2. The Labute approximate surface area is 111 Å². The average Bonchev–Trinajstić information content (AvgIpc) is 2.37. The van der Waals surface area contributed by atoms with Gasteiger partial charge < -0.3 is 15.4 Å². The first-order chi connectivity index (χ1) is 9.02. The summed E-state index contributed by atoms with van der Waals surface area (Å²) in [7, 11) is 1.45. The first-order valence-electron chi connectivity index (χ1n) is 5.81. The van der Waals surface area contributed by atoms with E-state index in [1.165, 1.54) is 26.2 Å². The lowest BCUT2D eigenvalue weighted by Gasteiger charge is -2.16. The number of ether oxygens (including phenoxy) is 1. The van der Waals surface area contributed by atoms with Gasteiger partial charge in [-0.05, 0) is 17.7 Å². The summed E-state index contributed by atoms with van der Waals surface area (Å²) in [5, 5.41) is 5.14.